The third kappa shape index (κ3) is 6.37. The topological polar surface area (TPSA) is 91.4 Å². The summed E-state index contributed by atoms with van der Waals surface area (Å²) < 4.78 is 40.9. The maximum atomic E-state index is 13.3. The van der Waals surface area contributed by atoms with Gasteiger partial charge in [0, 0.05) is 41.9 Å². The Morgan fingerprint density at radius 3 is 2.47 bits per heavy atom. The molecule has 0 fully saturated rings. The average molecular weight is 527 g/mol. The molecule has 0 saturated carbocycles. The van der Waals surface area contributed by atoms with Crippen LogP contribution in [0.2, 0.25) is 5.02 Å². The van der Waals surface area contributed by atoms with E-state index in [4.69, 9.17) is 11.6 Å². The molecule has 0 bridgehead atoms. The van der Waals surface area contributed by atoms with Crippen molar-refractivity contribution in [3.05, 3.63) is 101 Å². The van der Waals surface area contributed by atoms with Crippen molar-refractivity contribution in [1.82, 2.24) is 14.6 Å². The summed E-state index contributed by atoms with van der Waals surface area (Å²) in [7, 11) is -3.96. The van der Waals surface area contributed by atoms with Gasteiger partial charge >= 0.3 is 0 Å². The van der Waals surface area contributed by atoms with Crippen molar-refractivity contribution >= 4 is 44.1 Å². The SMILES string of the molecule is O=C(CN(Cc1ccc(F)cc1)S(=O)(=O)c1ccccc1)NCCNc1ccnc2cc(Cl)ccc12. The van der Waals surface area contributed by atoms with Crippen LogP contribution in [0, 0.1) is 5.82 Å². The third-order valence-corrected chi connectivity index (χ3v) is 7.48. The molecule has 0 saturated heterocycles. The number of nitrogens with zero attached hydrogens (tertiary/aromatic N) is 2. The average Bonchev–Trinajstić information content (AvgIpc) is 2.88. The molecule has 0 aliphatic heterocycles. The van der Waals surface area contributed by atoms with Crippen molar-refractivity contribution in [2.24, 2.45) is 0 Å². The van der Waals surface area contributed by atoms with Crippen molar-refractivity contribution in [3.63, 3.8) is 0 Å². The fourth-order valence-corrected chi connectivity index (χ4v) is 5.22. The molecule has 1 amide bonds. The van der Waals surface area contributed by atoms with Gasteiger partial charge in [-0.25, -0.2) is 12.8 Å². The fraction of sp³-hybridized carbons (Fsp3) is 0.154. The van der Waals surface area contributed by atoms with E-state index in [9.17, 15) is 17.6 Å². The second kappa shape index (κ2) is 11.5. The van der Waals surface area contributed by atoms with E-state index in [2.05, 4.69) is 15.6 Å². The highest BCUT2D eigenvalue weighted by Crippen LogP contribution is 2.24. The van der Waals surface area contributed by atoms with E-state index in [-0.39, 0.29) is 24.5 Å². The number of anilines is 1. The Morgan fingerprint density at radius 2 is 1.72 bits per heavy atom. The highest BCUT2D eigenvalue weighted by atomic mass is 35.5. The highest BCUT2D eigenvalue weighted by Gasteiger charge is 2.26. The molecular formula is C26H24ClFN4O3S. The number of amides is 1. The summed E-state index contributed by atoms with van der Waals surface area (Å²) in [6, 6.07) is 20.6. The van der Waals surface area contributed by atoms with E-state index >= 15 is 0 Å². The molecule has 1 aromatic heterocycles. The number of hydrogen-bond donors (Lipinski definition) is 2. The van der Waals surface area contributed by atoms with Crippen molar-refractivity contribution < 1.29 is 17.6 Å². The second-order valence-corrected chi connectivity index (χ2v) is 10.4. The van der Waals surface area contributed by atoms with Gasteiger partial charge in [-0.1, -0.05) is 41.9 Å². The van der Waals surface area contributed by atoms with E-state index in [1.807, 2.05) is 12.1 Å². The number of sulfonamides is 1. The molecule has 7 nitrogen and oxygen atoms in total. The van der Waals surface area contributed by atoms with Crippen LogP contribution in [-0.2, 0) is 21.4 Å². The molecule has 0 unspecified atom stereocenters. The number of hydrogen-bond acceptors (Lipinski definition) is 5. The Bertz CT molecular complexity index is 1450. The van der Waals surface area contributed by atoms with Crippen molar-refractivity contribution in [2.45, 2.75) is 11.4 Å². The van der Waals surface area contributed by atoms with E-state index in [0.717, 1.165) is 20.9 Å². The lowest BCUT2D eigenvalue weighted by atomic mass is 10.2. The van der Waals surface area contributed by atoms with Gasteiger partial charge in [0.25, 0.3) is 0 Å². The van der Waals surface area contributed by atoms with Crippen LogP contribution in [0.5, 0.6) is 0 Å². The van der Waals surface area contributed by atoms with E-state index < -0.39 is 21.7 Å². The molecule has 36 heavy (non-hydrogen) atoms. The Kier molecular flexibility index (Phi) is 8.14. The van der Waals surface area contributed by atoms with Gasteiger partial charge in [0.2, 0.25) is 15.9 Å². The summed E-state index contributed by atoms with van der Waals surface area (Å²) in [5.74, 6) is -0.878. The first-order chi connectivity index (χ1) is 17.3. The predicted octanol–water partition coefficient (Wildman–Crippen LogP) is 4.45. The highest BCUT2D eigenvalue weighted by molar-refractivity contribution is 7.89. The largest absolute Gasteiger partial charge is 0.383 e. The van der Waals surface area contributed by atoms with Gasteiger partial charge < -0.3 is 10.6 Å². The molecular weight excluding hydrogens is 503 g/mol. The zero-order valence-electron chi connectivity index (χ0n) is 19.2. The van der Waals surface area contributed by atoms with Crippen LogP contribution >= 0.6 is 11.6 Å². The summed E-state index contributed by atoms with van der Waals surface area (Å²) in [5, 5.41) is 7.50. The molecule has 10 heteroatoms. The number of benzene rings is 3. The van der Waals surface area contributed by atoms with Crippen LogP contribution in [-0.4, -0.2) is 43.2 Å². The number of pyridine rings is 1. The molecule has 2 N–H and O–H groups in total. The minimum Gasteiger partial charge on any atom is -0.383 e. The summed E-state index contributed by atoms with van der Waals surface area (Å²) in [6.07, 6.45) is 1.67. The second-order valence-electron chi connectivity index (χ2n) is 8.01. The number of rotatable bonds is 10. The summed E-state index contributed by atoms with van der Waals surface area (Å²) in [6.45, 7) is 0.225. The van der Waals surface area contributed by atoms with E-state index in [1.54, 1.807) is 36.5 Å². The number of fused-ring (bicyclic) bond motifs is 1. The van der Waals surface area contributed by atoms with Crippen LogP contribution in [0.4, 0.5) is 10.1 Å². The van der Waals surface area contributed by atoms with Gasteiger partial charge in [-0.15, -0.1) is 0 Å². The minimum absolute atomic E-state index is 0.0747. The first-order valence-corrected chi connectivity index (χ1v) is 13.0. The summed E-state index contributed by atoms with van der Waals surface area (Å²) in [5.41, 5.74) is 2.16. The molecule has 186 valence electrons. The fourth-order valence-electron chi connectivity index (χ4n) is 3.65. The lowest BCUT2D eigenvalue weighted by Crippen LogP contribution is -2.41. The maximum Gasteiger partial charge on any atom is 0.243 e. The van der Waals surface area contributed by atoms with Crippen LogP contribution in [0.1, 0.15) is 5.56 Å². The predicted molar refractivity (Wildman–Crippen MR) is 139 cm³/mol. The monoisotopic (exact) mass is 526 g/mol. The maximum absolute atomic E-state index is 13.3. The lowest BCUT2D eigenvalue weighted by Gasteiger charge is -2.22. The van der Waals surface area contributed by atoms with Crippen molar-refractivity contribution in [2.75, 3.05) is 25.0 Å². The first-order valence-electron chi connectivity index (χ1n) is 11.2. The van der Waals surface area contributed by atoms with E-state index in [1.165, 1.54) is 36.4 Å². The normalized spacial score (nSPS) is 11.5. The van der Waals surface area contributed by atoms with Crippen LogP contribution in [0.3, 0.4) is 0 Å². The third-order valence-electron chi connectivity index (χ3n) is 5.44. The molecule has 1 heterocycles. The van der Waals surface area contributed by atoms with Gasteiger partial charge in [-0.3, -0.25) is 9.78 Å². The number of aromatic nitrogens is 1. The summed E-state index contributed by atoms with van der Waals surface area (Å²) >= 11 is 6.03. The smallest absolute Gasteiger partial charge is 0.243 e. The molecule has 0 aliphatic rings. The minimum atomic E-state index is -3.96. The molecule has 3 aromatic carbocycles. The quantitative estimate of drug-likeness (QED) is 0.298. The molecule has 0 spiro atoms. The molecule has 4 rings (SSSR count). The van der Waals surface area contributed by atoms with Crippen LogP contribution in [0.15, 0.2) is 90.0 Å². The van der Waals surface area contributed by atoms with E-state index in [0.29, 0.717) is 17.1 Å². The van der Waals surface area contributed by atoms with Crippen molar-refractivity contribution in [1.29, 1.82) is 0 Å². The van der Waals surface area contributed by atoms with Gasteiger partial charge in [0.05, 0.1) is 17.0 Å². The Labute approximate surface area is 214 Å². The number of halogens is 2. The standard InChI is InChI=1S/C26H24ClFN4O3S/c27-20-8-11-23-24(12-13-29-25(23)16-20)30-14-15-31-26(33)18-32(17-19-6-9-21(28)10-7-19)36(34,35)22-4-2-1-3-5-22/h1-13,16H,14-15,17-18H2,(H,29,30)(H,31,33). The van der Waals surface area contributed by atoms with Gasteiger partial charge in [-0.2, -0.15) is 4.31 Å². The number of carbonyl (C=O) groups excluding carboxylic acids is 1. The molecule has 4 aromatic rings. The van der Waals surface area contributed by atoms with Gasteiger partial charge in [0.1, 0.15) is 5.82 Å². The zero-order valence-corrected chi connectivity index (χ0v) is 20.8. The molecule has 0 radical (unpaired) electrons. The van der Waals surface area contributed by atoms with Gasteiger partial charge in [0.15, 0.2) is 0 Å². The Morgan fingerprint density at radius 1 is 0.972 bits per heavy atom. The zero-order chi connectivity index (χ0) is 25.5. The Balaban J connectivity index is 1.40. The van der Waals surface area contributed by atoms with Crippen LogP contribution in [0.25, 0.3) is 10.9 Å². The van der Waals surface area contributed by atoms with Gasteiger partial charge in [-0.05, 0) is 54.1 Å². The first kappa shape index (κ1) is 25.6. The molecule has 0 atom stereocenters. The van der Waals surface area contributed by atoms with Crippen LogP contribution < -0.4 is 10.6 Å². The summed E-state index contributed by atoms with van der Waals surface area (Å²) in [4.78, 5) is 17.1. The number of nitrogens with one attached hydrogen (secondary N) is 2. The Hall–Kier alpha value is -3.53. The number of carbonyl (C=O) groups is 1. The van der Waals surface area contributed by atoms with Crippen molar-refractivity contribution in [3.8, 4) is 0 Å². The lowest BCUT2D eigenvalue weighted by molar-refractivity contribution is -0.121. The molecule has 0 aliphatic carbocycles.